The molecule has 0 radical (unpaired) electrons. The standard InChI is InChI=1S/C22H25N3O3/c1-24-19-9-8-17(28-2)14-18(19)22(20(24)26)11-13-25(15-22)21(27)23-12-10-16-6-4-3-5-7-16/h3-9,14H,10-13,15H2,1-2H3,(H,23,27). The molecule has 2 aromatic rings. The SMILES string of the molecule is COc1ccc2c(c1)C1(CCN(C(=O)NCCc3ccccc3)C1)C(=O)N2C. The van der Waals surface area contributed by atoms with Gasteiger partial charge in [0.05, 0.1) is 12.5 Å². The molecule has 1 atom stereocenters. The Morgan fingerprint density at radius 3 is 2.75 bits per heavy atom. The first-order valence-corrected chi connectivity index (χ1v) is 9.58. The number of ether oxygens (including phenoxy) is 1. The highest BCUT2D eigenvalue weighted by Crippen LogP contribution is 2.47. The van der Waals surface area contributed by atoms with E-state index in [1.54, 1.807) is 24.0 Å². The average Bonchev–Trinajstić information content (AvgIpc) is 3.26. The lowest BCUT2D eigenvalue weighted by molar-refractivity contribution is -0.122. The molecule has 0 aromatic heterocycles. The maximum atomic E-state index is 13.1. The number of carbonyl (C=O) groups is 2. The van der Waals surface area contributed by atoms with Crippen molar-refractivity contribution < 1.29 is 14.3 Å². The number of likely N-dealkylation sites (tertiary alicyclic amines) is 1. The summed E-state index contributed by atoms with van der Waals surface area (Å²) in [4.78, 5) is 29.2. The molecule has 6 nitrogen and oxygen atoms in total. The van der Waals surface area contributed by atoms with E-state index < -0.39 is 5.41 Å². The summed E-state index contributed by atoms with van der Waals surface area (Å²) in [5.74, 6) is 0.780. The van der Waals surface area contributed by atoms with Gasteiger partial charge in [0.25, 0.3) is 0 Å². The number of likely N-dealkylation sites (N-methyl/N-ethyl adjacent to an activating group) is 1. The lowest BCUT2D eigenvalue weighted by Crippen LogP contribution is -2.44. The Bertz CT molecular complexity index is 899. The molecule has 2 aliphatic heterocycles. The Morgan fingerprint density at radius 2 is 2.00 bits per heavy atom. The molecule has 4 rings (SSSR count). The highest BCUT2D eigenvalue weighted by Gasteiger charge is 2.54. The van der Waals surface area contributed by atoms with Crippen LogP contribution in [-0.4, -0.2) is 50.6 Å². The topological polar surface area (TPSA) is 61.9 Å². The summed E-state index contributed by atoms with van der Waals surface area (Å²) in [5.41, 5.74) is 2.38. The molecular formula is C22H25N3O3. The summed E-state index contributed by atoms with van der Waals surface area (Å²) in [7, 11) is 3.42. The van der Waals surface area contributed by atoms with Crippen LogP contribution >= 0.6 is 0 Å². The van der Waals surface area contributed by atoms with Gasteiger partial charge in [0, 0.05) is 32.4 Å². The third kappa shape index (κ3) is 2.99. The number of hydrogen-bond acceptors (Lipinski definition) is 3. The predicted octanol–water partition coefficient (Wildman–Crippen LogP) is 2.57. The minimum atomic E-state index is -0.671. The zero-order valence-corrected chi connectivity index (χ0v) is 16.3. The number of rotatable bonds is 4. The molecule has 2 heterocycles. The van der Waals surface area contributed by atoms with E-state index >= 15 is 0 Å². The number of benzene rings is 2. The molecule has 146 valence electrons. The van der Waals surface area contributed by atoms with Gasteiger partial charge in [0.15, 0.2) is 0 Å². The van der Waals surface area contributed by atoms with E-state index in [0.717, 1.165) is 23.4 Å². The molecule has 1 unspecified atom stereocenters. The van der Waals surface area contributed by atoms with E-state index in [1.807, 2.05) is 48.5 Å². The van der Waals surface area contributed by atoms with Gasteiger partial charge in [-0.1, -0.05) is 30.3 Å². The second-order valence-corrected chi connectivity index (χ2v) is 7.47. The minimum Gasteiger partial charge on any atom is -0.497 e. The van der Waals surface area contributed by atoms with Crippen LogP contribution in [0.4, 0.5) is 10.5 Å². The molecule has 1 N–H and O–H groups in total. The molecule has 1 spiro atoms. The Morgan fingerprint density at radius 1 is 1.21 bits per heavy atom. The molecule has 1 fully saturated rings. The summed E-state index contributed by atoms with van der Waals surface area (Å²) >= 11 is 0. The van der Waals surface area contributed by atoms with E-state index in [1.165, 1.54) is 5.56 Å². The van der Waals surface area contributed by atoms with Crippen molar-refractivity contribution in [1.29, 1.82) is 0 Å². The fourth-order valence-electron chi connectivity index (χ4n) is 4.31. The molecule has 1 saturated heterocycles. The number of carbonyl (C=O) groups excluding carboxylic acids is 2. The number of nitrogens with one attached hydrogen (secondary N) is 1. The van der Waals surface area contributed by atoms with Gasteiger partial charge in [0.1, 0.15) is 5.75 Å². The van der Waals surface area contributed by atoms with Gasteiger partial charge in [-0.2, -0.15) is 0 Å². The number of anilines is 1. The molecule has 2 aromatic carbocycles. The maximum absolute atomic E-state index is 13.1. The van der Waals surface area contributed by atoms with Gasteiger partial charge >= 0.3 is 6.03 Å². The van der Waals surface area contributed by atoms with Crippen LogP contribution in [-0.2, 0) is 16.6 Å². The quantitative estimate of drug-likeness (QED) is 0.888. The van der Waals surface area contributed by atoms with Gasteiger partial charge in [0.2, 0.25) is 5.91 Å². The van der Waals surface area contributed by atoms with Gasteiger partial charge in [-0.3, -0.25) is 4.79 Å². The molecule has 0 saturated carbocycles. The number of methoxy groups -OCH3 is 1. The third-order valence-corrected chi connectivity index (χ3v) is 5.88. The van der Waals surface area contributed by atoms with Crippen molar-refractivity contribution in [2.24, 2.45) is 0 Å². The van der Waals surface area contributed by atoms with Crippen molar-refractivity contribution in [1.82, 2.24) is 10.2 Å². The van der Waals surface area contributed by atoms with Crippen LogP contribution in [0, 0.1) is 0 Å². The summed E-state index contributed by atoms with van der Waals surface area (Å²) in [5, 5.41) is 2.99. The number of fused-ring (bicyclic) bond motifs is 2. The first-order valence-electron chi connectivity index (χ1n) is 9.58. The second-order valence-electron chi connectivity index (χ2n) is 7.47. The van der Waals surface area contributed by atoms with Gasteiger partial charge in [-0.15, -0.1) is 0 Å². The van der Waals surface area contributed by atoms with Crippen molar-refractivity contribution in [3.63, 3.8) is 0 Å². The zero-order valence-electron chi connectivity index (χ0n) is 16.3. The number of hydrogen-bond donors (Lipinski definition) is 1. The fourth-order valence-corrected chi connectivity index (χ4v) is 4.31. The van der Waals surface area contributed by atoms with Crippen molar-refractivity contribution in [2.45, 2.75) is 18.3 Å². The largest absolute Gasteiger partial charge is 0.497 e. The Kier molecular flexibility index (Phi) is 4.71. The summed E-state index contributed by atoms with van der Waals surface area (Å²) in [6.45, 7) is 1.53. The average molecular weight is 379 g/mol. The third-order valence-electron chi connectivity index (χ3n) is 5.88. The first-order chi connectivity index (χ1) is 13.5. The number of urea groups is 1. The highest BCUT2D eigenvalue weighted by molar-refractivity contribution is 6.08. The molecule has 2 aliphatic rings. The molecule has 0 bridgehead atoms. The smallest absolute Gasteiger partial charge is 0.317 e. The molecule has 28 heavy (non-hydrogen) atoms. The molecular weight excluding hydrogens is 354 g/mol. The van der Waals surface area contributed by atoms with E-state index in [4.69, 9.17) is 4.74 Å². The normalized spacial score (nSPS) is 20.6. The maximum Gasteiger partial charge on any atom is 0.317 e. The predicted molar refractivity (Wildman–Crippen MR) is 108 cm³/mol. The van der Waals surface area contributed by atoms with Crippen molar-refractivity contribution >= 4 is 17.6 Å². The second kappa shape index (κ2) is 7.19. The molecule has 6 heteroatoms. The lowest BCUT2D eigenvalue weighted by atomic mass is 9.81. The minimum absolute atomic E-state index is 0.0512. The molecule has 3 amide bonds. The Labute approximate surface area is 165 Å². The van der Waals surface area contributed by atoms with Crippen LogP contribution in [0.2, 0.25) is 0 Å². The van der Waals surface area contributed by atoms with E-state index in [2.05, 4.69) is 5.32 Å². The Balaban J connectivity index is 1.46. The zero-order chi connectivity index (χ0) is 19.7. The van der Waals surface area contributed by atoms with Crippen molar-refractivity contribution in [3.8, 4) is 5.75 Å². The lowest BCUT2D eigenvalue weighted by Gasteiger charge is -2.24. The van der Waals surface area contributed by atoms with Crippen molar-refractivity contribution in [3.05, 3.63) is 59.7 Å². The van der Waals surface area contributed by atoms with E-state index in [0.29, 0.717) is 26.1 Å². The highest BCUT2D eigenvalue weighted by atomic mass is 16.5. The van der Waals surface area contributed by atoms with Gasteiger partial charge in [-0.05, 0) is 42.2 Å². The van der Waals surface area contributed by atoms with Gasteiger partial charge in [-0.25, -0.2) is 4.79 Å². The summed E-state index contributed by atoms with van der Waals surface area (Å²) in [6, 6.07) is 15.7. The van der Waals surface area contributed by atoms with Crippen LogP contribution in [0.1, 0.15) is 17.5 Å². The Hall–Kier alpha value is -3.02. The van der Waals surface area contributed by atoms with Crippen LogP contribution in [0.25, 0.3) is 0 Å². The first kappa shape index (κ1) is 18.3. The van der Waals surface area contributed by atoms with E-state index in [9.17, 15) is 9.59 Å². The van der Waals surface area contributed by atoms with Crippen molar-refractivity contribution in [2.75, 3.05) is 38.7 Å². The number of amides is 3. The monoisotopic (exact) mass is 379 g/mol. The summed E-state index contributed by atoms with van der Waals surface area (Å²) in [6.07, 6.45) is 1.41. The van der Waals surface area contributed by atoms with E-state index in [-0.39, 0.29) is 11.9 Å². The molecule has 0 aliphatic carbocycles. The number of nitrogens with zero attached hydrogens (tertiary/aromatic N) is 2. The summed E-state index contributed by atoms with van der Waals surface area (Å²) < 4.78 is 5.36. The fraction of sp³-hybridized carbons (Fsp3) is 0.364. The van der Waals surface area contributed by atoms with Crippen LogP contribution in [0.5, 0.6) is 5.75 Å². The van der Waals surface area contributed by atoms with Crippen LogP contribution in [0.3, 0.4) is 0 Å². The van der Waals surface area contributed by atoms with Gasteiger partial charge < -0.3 is 19.9 Å². The van der Waals surface area contributed by atoms with Crippen LogP contribution < -0.4 is 15.0 Å². The van der Waals surface area contributed by atoms with Crippen LogP contribution in [0.15, 0.2) is 48.5 Å².